The van der Waals surface area contributed by atoms with E-state index in [2.05, 4.69) is 10.2 Å². The predicted octanol–water partition coefficient (Wildman–Crippen LogP) is 1.44. The van der Waals surface area contributed by atoms with Gasteiger partial charge >= 0.3 is 0 Å². The molecule has 0 fully saturated rings. The Bertz CT molecular complexity index is 500. The Hall–Kier alpha value is -1.53. The molecule has 0 bridgehead atoms. The van der Waals surface area contributed by atoms with E-state index in [-0.39, 0.29) is 0 Å². The first-order chi connectivity index (χ1) is 8.81. The molecule has 0 aliphatic carbocycles. The molecule has 0 unspecified atom stereocenters. The van der Waals surface area contributed by atoms with Crippen molar-refractivity contribution < 1.29 is 4.74 Å². The molecule has 0 spiro atoms. The number of benzene rings is 1. The van der Waals surface area contributed by atoms with Gasteiger partial charge in [-0.2, -0.15) is 0 Å². The van der Waals surface area contributed by atoms with Crippen LogP contribution in [0.25, 0.3) is 0 Å². The Morgan fingerprint density at radius 1 is 1.39 bits per heavy atom. The van der Waals surface area contributed by atoms with Crippen LogP contribution in [0.15, 0.2) is 35.7 Å². The molecule has 0 saturated carbocycles. The van der Waals surface area contributed by atoms with Crippen molar-refractivity contribution in [2.75, 3.05) is 12.4 Å². The lowest BCUT2D eigenvalue weighted by atomic mass is 10.2. The van der Waals surface area contributed by atoms with E-state index in [0.29, 0.717) is 13.2 Å². The smallest absolute Gasteiger partial charge is 0.190 e. The van der Waals surface area contributed by atoms with Crippen molar-refractivity contribution in [3.05, 3.63) is 36.2 Å². The molecule has 2 aromatic rings. The van der Waals surface area contributed by atoms with Crippen molar-refractivity contribution in [2.45, 2.75) is 11.7 Å². The molecule has 18 heavy (non-hydrogen) atoms. The summed E-state index contributed by atoms with van der Waals surface area (Å²) in [5.41, 5.74) is 6.67. The first-order valence-electron chi connectivity index (χ1n) is 5.69. The van der Waals surface area contributed by atoms with Crippen molar-refractivity contribution in [1.82, 2.24) is 14.8 Å². The van der Waals surface area contributed by atoms with Gasteiger partial charge in [-0.3, -0.25) is 0 Å². The summed E-state index contributed by atoms with van der Waals surface area (Å²) >= 11 is 1.62. The summed E-state index contributed by atoms with van der Waals surface area (Å²) in [6.07, 6.45) is 1.69. The zero-order valence-electron chi connectivity index (χ0n) is 10.2. The summed E-state index contributed by atoms with van der Waals surface area (Å²) < 4.78 is 7.60. The van der Waals surface area contributed by atoms with Gasteiger partial charge < -0.3 is 15.0 Å². The van der Waals surface area contributed by atoms with Gasteiger partial charge in [0.05, 0.1) is 6.61 Å². The molecule has 1 aromatic carbocycles. The van der Waals surface area contributed by atoms with Crippen molar-refractivity contribution in [1.29, 1.82) is 0 Å². The van der Waals surface area contributed by atoms with E-state index in [1.807, 2.05) is 35.9 Å². The summed E-state index contributed by atoms with van der Waals surface area (Å²) in [6.45, 7) is 1.11. The zero-order chi connectivity index (χ0) is 12.8. The van der Waals surface area contributed by atoms with Crippen LogP contribution in [-0.2, 0) is 13.6 Å². The number of rotatable bonds is 6. The van der Waals surface area contributed by atoms with Gasteiger partial charge in [0.1, 0.15) is 12.1 Å². The Kier molecular flexibility index (Phi) is 4.60. The highest BCUT2D eigenvalue weighted by molar-refractivity contribution is 7.99. The van der Waals surface area contributed by atoms with Crippen molar-refractivity contribution in [2.24, 2.45) is 12.8 Å². The number of aromatic nitrogens is 3. The highest BCUT2D eigenvalue weighted by atomic mass is 32.2. The van der Waals surface area contributed by atoms with Gasteiger partial charge in [0, 0.05) is 24.9 Å². The van der Waals surface area contributed by atoms with E-state index in [1.54, 1.807) is 18.1 Å². The van der Waals surface area contributed by atoms with Crippen LogP contribution in [-0.4, -0.2) is 27.1 Å². The van der Waals surface area contributed by atoms with Crippen LogP contribution < -0.4 is 10.5 Å². The lowest BCUT2D eigenvalue weighted by Gasteiger charge is -2.09. The van der Waals surface area contributed by atoms with E-state index in [0.717, 1.165) is 22.2 Å². The highest BCUT2D eigenvalue weighted by Gasteiger charge is 2.03. The average molecular weight is 264 g/mol. The molecule has 0 saturated heterocycles. The summed E-state index contributed by atoms with van der Waals surface area (Å²) in [5, 5.41) is 8.71. The van der Waals surface area contributed by atoms with Gasteiger partial charge in [0.15, 0.2) is 5.16 Å². The maximum atomic E-state index is 5.71. The molecule has 0 atom stereocenters. The Labute approximate surface area is 110 Å². The van der Waals surface area contributed by atoms with Crippen LogP contribution in [0.2, 0.25) is 0 Å². The average Bonchev–Trinajstić information content (AvgIpc) is 2.81. The molecule has 0 aliphatic rings. The maximum absolute atomic E-state index is 5.71. The topological polar surface area (TPSA) is 66.0 Å². The van der Waals surface area contributed by atoms with Crippen molar-refractivity contribution in [3.8, 4) is 5.75 Å². The minimum atomic E-state index is 0.493. The highest BCUT2D eigenvalue weighted by Crippen LogP contribution is 2.18. The predicted molar refractivity (Wildman–Crippen MR) is 71.6 cm³/mol. The third-order valence-corrected chi connectivity index (χ3v) is 3.43. The quantitative estimate of drug-likeness (QED) is 0.632. The van der Waals surface area contributed by atoms with Crippen LogP contribution in [0.1, 0.15) is 5.56 Å². The SMILES string of the molecule is Cn1cnnc1SCCOc1ccccc1CN. The van der Waals surface area contributed by atoms with Crippen LogP contribution in [0.3, 0.4) is 0 Å². The van der Waals surface area contributed by atoms with Crippen LogP contribution in [0.5, 0.6) is 5.75 Å². The minimum Gasteiger partial charge on any atom is -0.492 e. The molecule has 2 N–H and O–H groups in total. The van der Waals surface area contributed by atoms with E-state index in [4.69, 9.17) is 10.5 Å². The Morgan fingerprint density at radius 2 is 2.22 bits per heavy atom. The molecule has 0 aliphatic heterocycles. The standard InChI is InChI=1S/C12H16N4OS/c1-16-9-14-15-12(16)18-7-6-17-11-5-3-2-4-10(11)8-13/h2-5,9H,6-8,13H2,1H3. The third-order valence-electron chi connectivity index (χ3n) is 2.43. The van der Waals surface area contributed by atoms with Crippen LogP contribution in [0.4, 0.5) is 0 Å². The molecule has 2 rings (SSSR count). The number of aryl methyl sites for hydroxylation is 1. The normalized spacial score (nSPS) is 10.6. The van der Waals surface area contributed by atoms with Crippen molar-refractivity contribution >= 4 is 11.8 Å². The molecular formula is C12H16N4OS. The van der Waals surface area contributed by atoms with Gasteiger partial charge in [0.25, 0.3) is 0 Å². The van der Waals surface area contributed by atoms with Gasteiger partial charge in [-0.15, -0.1) is 10.2 Å². The second-order valence-corrected chi connectivity index (χ2v) is 4.80. The summed E-state index contributed by atoms with van der Waals surface area (Å²) in [4.78, 5) is 0. The van der Waals surface area contributed by atoms with Crippen LogP contribution in [0, 0.1) is 0 Å². The molecule has 96 valence electrons. The fraction of sp³-hybridized carbons (Fsp3) is 0.333. The third kappa shape index (κ3) is 3.24. The number of hydrogen-bond acceptors (Lipinski definition) is 5. The van der Waals surface area contributed by atoms with Crippen LogP contribution >= 0.6 is 11.8 Å². The second-order valence-electron chi connectivity index (χ2n) is 3.73. The number of nitrogens with zero attached hydrogens (tertiary/aromatic N) is 3. The van der Waals surface area contributed by atoms with E-state index in [9.17, 15) is 0 Å². The Morgan fingerprint density at radius 3 is 2.94 bits per heavy atom. The zero-order valence-corrected chi connectivity index (χ0v) is 11.1. The van der Waals surface area contributed by atoms with Gasteiger partial charge in [-0.1, -0.05) is 30.0 Å². The minimum absolute atomic E-state index is 0.493. The van der Waals surface area contributed by atoms with E-state index < -0.39 is 0 Å². The van der Waals surface area contributed by atoms with E-state index >= 15 is 0 Å². The molecule has 0 amide bonds. The maximum Gasteiger partial charge on any atom is 0.190 e. The second kappa shape index (κ2) is 6.42. The number of hydrogen-bond donors (Lipinski definition) is 1. The summed E-state index contributed by atoms with van der Waals surface area (Å²) in [6, 6.07) is 7.83. The van der Waals surface area contributed by atoms with Crippen molar-refractivity contribution in [3.63, 3.8) is 0 Å². The van der Waals surface area contributed by atoms with E-state index in [1.165, 1.54) is 0 Å². The first-order valence-corrected chi connectivity index (χ1v) is 6.67. The molecular weight excluding hydrogens is 248 g/mol. The lowest BCUT2D eigenvalue weighted by molar-refractivity contribution is 0.340. The molecule has 5 nitrogen and oxygen atoms in total. The Balaban J connectivity index is 1.80. The monoisotopic (exact) mass is 264 g/mol. The largest absolute Gasteiger partial charge is 0.492 e. The lowest BCUT2D eigenvalue weighted by Crippen LogP contribution is -2.05. The summed E-state index contributed by atoms with van der Waals surface area (Å²) in [5.74, 6) is 1.68. The fourth-order valence-corrected chi connectivity index (χ4v) is 2.21. The van der Waals surface area contributed by atoms with Gasteiger partial charge in [-0.25, -0.2) is 0 Å². The molecule has 1 heterocycles. The fourth-order valence-electron chi connectivity index (χ4n) is 1.50. The first kappa shape index (κ1) is 12.9. The van der Waals surface area contributed by atoms with Gasteiger partial charge in [-0.05, 0) is 6.07 Å². The number of thioether (sulfide) groups is 1. The molecule has 1 aromatic heterocycles. The summed E-state index contributed by atoms with van der Waals surface area (Å²) in [7, 11) is 1.92. The number of nitrogens with two attached hydrogens (primary N) is 1. The molecule has 0 radical (unpaired) electrons. The molecule has 6 heteroatoms. The number of ether oxygens (including phenoxy) is 1. The number of para-hydroxylation sites is 1. The van der Waals surface area contributed by atoms with Gasteiger partial charge in [0.2, 0.25) is 0 Å².